The largest absolute Gasteiger partial charge is 0.493 e. The van der Waals surface area contributed by atoms with Crippen molar-refractivity contribution in [3.05, 3.63) is 52.6 Å². The summed E-state index contributed by atoms with van der Waals surface area (Å²) in [6, 6.07) is 7.60. The average Bonchev–Trinajstić information content (AvgIpc) is 2.88. The molecule has 0 saturated heterocycles. The van der Waals surface area contributed by atoms with Crippen molar-refractivity contribution in [3.8, 4) is 34.5 Å². The van der Waals surface area contributed by atoms with E-state index in [-0.39, 0.29) is 17.6 Å². The molecule has 3 rings (SSSR count). The smallest absolute Gasteiger partial charge is 0.203 e. The van der Waals surface area contributed by atoms with Crippen molar-refractivity contribution in [2.45, 2.75) is 26.2 Å². The van der Waals surface area contributed by atoms with E-state index in [2.05, 4.69) is 6.92 Å². The number of rotatable bonds is 9. The average molecular weight is 483 g/mol. The number of methoxy groups -OCH3 is 6. The van der Waals surface area contributed by atoms with Gasteiger partial charge in [0.15, 0.2) is 28.8 Å². The van der Waals surface area contributed by atoms with Gasteiger partial charge in [0.05, 0.1) is 42.7 Å². The number of Topliss-reactive ketones (excluding diaryl/α,β-unsaturated/α-hetero) is 1. The molecule has 7 nitrogen and oxygen atoms in total. The van der Waals surface area contributed by atoms with Crippen LogP contribution in [0.15, 0.2) is 41.5 Å². The molecule has 188 valence electrons. The van der Waals surface area contributed by atoms with E-state index in [0.29, 0.717) is 40.9 Å². The molecular weight excluding hydrogens is 448 g/mol. The molecule has 2 aromatic rings. The van der Waals surface area contributed by atoms with Gasteiger partial charge in [-0.25, -0.2) is 0 Å². The Balaban J connectivity index is 2.02. The van der Waals surface area contributed by atoms with Crippen LogP contribution < -0.4 is 28.4 Å². The summed E-state index contributed by atoms with van der Waals surface area (Å²) in [5, 5.41) is 0. The Kier molecular flexibility index (Phi) is 8.33. The highest BCUT2D eigenvalue weighted by molar-refractivity contribution is 5.98. The minimum absolute atomic E-state index is 0.0421. The summed E-state index contributed by atoms with van der Waals surface area (Å²) in [4.78, 5) is 13.0. The predicted molar refractivity (Wildman–Crippen MR) is 135 cm³/mol. The zero-order valence-electron chi connectivity index (χ0n) is 21.7. The number of benzene rings is 2. The van der Waals surface area contributed by atoms with Crippen LogP contribution in [0, 0.1) is 5.92 Å². The molecule has 0 aromatic heterocycles. The molecule has 35 heavy (non-hydrogen) atoms. The summed E-state index contributed by atoms with van der Waals surface area (Å²) in [5.74, 6) is 3.50. The van der Waals surface area contributed by atoms with Crippen molar-refractivity contribution in [2.24, 2.45) is 5.92 Å². The molecule has 1 aliphatic carbocycles. The van der Waals surface area contributed by atoms with Crippen molar-refractivity contribution in [1.29, 1.82) is 0 Å². The Morgan fingerprint density at radius 2 is 1.17 bits per heavy atom. The highest BCUT2D eigenvalue weighted by atomic mass is 16.5. The molecule has 7 heteroatoms. The lowest BCUT2D eigenvalue weighted by atomic mass is 9.72. The quantitative estimate of drug-likeness (QED) is 0.470. The van der Waals surface area contributed by atoms with Crippen molar-refractivity contribution in [2.75, 3.05) is 42.7 Å². The summed E-state index contributed by atoms with van der Waals surface area (Å²) >= 11 is 0. The third-order valence-electron chi connectivity index (χ3n) is 6.61. The third kappa shape index (κ3) is 5.09. The number of carbonyl (C=O) groups is 1. The fourth-order valence-electron chi connectivity index (χ4n) is 4.63. The maximum atomic E-state index is 13.0. The summed E-state index contributed by atoms with van der Waals surface area (Å²) in [6.45, 7) is 4.03. The molecule has 0 saturated carbocycles. The van der Waals surface area contributed by atoms with Crippen LogP contribution in [0.25, 0.3) is 6.08 Å². The van der Waals surface area contributed by atoms with E-state index < -0.39 is 0 Å². The molecule has 0 aliphatic heterocycles. The highest BCUT2D eigenvalue weighted by Crippen LogP contribution is 2.46. The van der Waals surface area contributed by atoms with Gasteiger partial charge < -0.3 is 28.4 Å². The minimum atomic E-state index is -0.0421. The van der Waals surface area contributed by atoms with Crippen LogP contribution >= 0.6 is 0 Å². The Bertz CT molecular complexity index is 1100. The van der Waals surface area contributed by atoms with Crippen LogP contribution in [-0.4, -0.2) is 48.4 Å². The summed E-state index contributed by atoms with van der Waals surface area (Å²) in [7, 11) is 9.49. The van der Waals surface area contributed by atoms with Crippen LogP contribution in [-0.2, 0) is 4.79 Å². The first kappa shape index (κ1) is 26.0. The molecule has 0 heterocycles. The van der Waals surface area contributed by atoms with Crippen LogP contribution in [0.4, 0.5) is 0 Å². The van der Waals surface area contributed by atoms with Crippen molar-refractivity contribution in [3.63, 3.8) is 0 Å². The number of ketones is 1. The van der Waals surface area contributed by atoms with Crippen molar-refractivity contribution in [1.82, 2.24) is 0 Å². The zero-order valence-corrected chi connectivity index (χ0v) is 21.7. The van der Waals surface area contributed by atoms with Gasteiger partial charge in [-0.2, -0.15) is 0 Å². The van der Waals surface area contributed by atoms with E-state index >= 15 is 0 Å². The molecule has 0 N–H and O–H groups in total. The Labute approximate surface area is 207 Å². The van der Waals surface area contributed by atoms with Gasteiger partial charge in [-0.1, -0.05) is 19.1 Å². The molecule has 0 bridgehead atoms. The van der Waals surface area contributed by atoms with Gasteiger partial charge in [0, 0.05) is 6.42 Å². The van der Waals surface area contributed by atoms with Gasteiger partial charge in [-0.05, 0) is 65.3 Å². The maximum absolute atomic E-state index is 13.0. The zero-order chi connectivity index (χ0) is 25.7. The molecule has 0 radical (unpaired) electrons. The van der Waals surface area contributed by atoms with E-state index in [1.807, 2.05) is 43.3 Å². The number of hydrogen-bond acceptors (Lipinski definition) is 7. The molecule has 2 unspecified atom stereocenters. The van der Waals surface area contributed by atoms with Gasteiger partial charge in [0.2, 0.25) is 11.5 Å². The third-order valence-corrected chi connectivity index (χ3v) is 6.61. The first-order valence-electron chi connectivity index (χ1n) is 11.3. The van der Waals surface area contributed by atoms with Crippen LogP contribution in [0.3, 0.4) is 0 Å². The van der Waals surface area contributed by atoms with Crippen molar-refractivity contribution < 1.29 is 33.2 Å². The first-order chi connectivity index (χ1) is 16.8. The van der Waals surface area contributed by atoms with Crippen LogP contribution in [0.2, 0.25) is 0 Å². The fourth-order valence-corrected chi connectivity index (χ4v) is 4.63. The normalized spacial score (nSPS) is 18.0. The second-order valence-electron chi connectivity index (χ2n) is 8.35. The first-order valence-corrected chi connectivity index (χ1v) is 11.3. The van der Waals surface area contributed by atoms with Crippen molar-refractivity contribution >= 4 is 11.9 Å². The second kappa shape index (κ2) is 11.2. The van der Waals surface area contributed by atoms with E-state index in [0.717, 1.165) is 22.3 Å². The highest BCUT2D eigenvalue weighted by Gasteiger charge is 2.33. The van der Waals surface area contributed by atoms with Crippen LogP contribution in [0.1, 0.15) is 37.3 Å². The molecule has 2 aromatic carbocycles. The predicted octanol–water partition coefficient (Wildman–Crippen LogP) is 5.46. The number of hydrogen-bond donors (Lipinski definition) is 0. The Hall–Kier alpha value is -3.61. The maximum Gasteiger partial charge on any atom is 0.203 e. The Morgan fingerprint density at radius 1 is 0.714 bits per heavy atom. The molecule has 1 aliphatic rings. The van der Waals surface area contributed by atoms with Gasteiger partial charge in [-0.15, -0.1) is 0 Å². The lowest BCUT2D eigenvalue weighted by molar-refractivity contribution is -0.116. The van der Waals surface area contributed by atoms with E-state index in [4.69, 9.17) is 28.4 Å². The topological polar surface area (TPSA) is 72.5 Å². The molecule has 0 spiro atoms. The minimum Gasteiger partial charge on any atom is -0.493 e. The molecule has 2 atom stereocenters. The number of ether oxygens (including phenoxy) is 6. The van der Waals surface area contributed by atoms with Crippen LogP contribution in [0.5, 0.6) is 34.5 Å². The van der Waals surface area contributed by atoms with E-state index in [1.165, 1.54) is 0 Å². The monoisotopic (exact) mass is 482 g/mol. The fraction of sp³-hybridized carbons (Fsp3) is 0.393. The molecule has 0 fully saturated rings. The summed E-state index contributed by atoms with van der Waals surface area (Å²) in [5.41, 5.74) is 3.58. The Morgan fingerprint density at radius 3 is 1.60 bits per heavy atom. The summed E-state index contributed by atoms with van der Waals surface area (Å²) < 4.78 is 32.9. The molecule has 0 amide bonds. The lowest BCUT2D eigenvalue weighted by Crippen LogP contribution is -2.24. The number of carbonyl (C=O) groups excluding carboxylic acids is 1. The van der Waals surface area contributed by atoms with E-state index in [9.17, 15) is 4.79 Å². The van der Waals surface area contributed by atoms with Gasteiger partial charge in [0.1, 0.15) is 0 Å². The standard InChI is InChI=1S/C28H34O7/c1-16-20(10-9-18-11-23(30-3)27(34-7)24(12-18)31-4)17(2)22(29)15-21(16)19-13-25(32-5)28(35-8)26(14-19)33-6/h9-14,16,21H,15H2,1-8H3. The van der Waals surface area contributed by atoms with Gasteiger partial charge in [-0.3, -0.25) is 4.79 Å². The second-order valence-corrected chi connectivity index (χ2v) is 8.35. The van der Waals surface area contributed by atoms with Gasteiger partial charge >= 0.3 is 0 Å². The SMILES string of the molecule is COc1cc(C=CC2=C(C)C(=O)CC(c3cc(OC)c(OC)c(OC)c3)C2C)cc(OC)c1OC. The number of allylic oxidation sites excluding steroid dienone is 3. The lowest BCUT2D eigenvalue weighted by Gasteiger charge is -2.31. The molecular formula is C28H34O7. The van der Waals surface area contributed by atoms with E-state index in [1.54, 1.807) is 42.7 Å². The summed E-state index contributed by atoms with van der Waals surface area (Å²) in [6.07, 6.45) is 4.38. The van der Waals surface area contributed by atoms with Gasteiger partial charge in [0.25, 0.3) is 0 Å².